The van der Waals surface area contributed by atoms with Crippen LogP contribution in [0, 0.1) is 11.3 Å². The second kappa shape index (κ2) is 7.99. The highest BCUT2D eigenvalue weighted by atomic mass is 35.5. The van der Waals surface area contributed by atoms with E-state index >= 15 is 0 Å². The average Bonchev–Trinajstić information content (AvgIpc) is 2.62. The summed E-state index contributed by atoms with van der Waals surface area (Å²) < 4.78 is 4.59. The normalized spacial score (nSPS) is 10.7. The fourth-order valence-corrected chi connectivity index (χ4v) is 2.13. The molecule has 0 aliphatic rings. The second-order valence-electron chi connectivity index (χ2n) is 4.90. The van der Waals surface area contributed by atoms with Gasteiger partial charge in [0.15, 0.2) is 0 Å². The van der Waals surface area contributed by atoms with Crippen LogP contribution in [0.5, 0.6) is 5.75 Å². The number of nitrogens with one attached hydrogen (secondary N) is 1. The van der Waals surface area contributed by atoms with Crippen molar-refractivity contribution in [3.8, 4) is 11.8 Å². The Kier molecular flexibility index (Phi) is 5.77. The third-order valence-corrected chi connectivity index (χ3v) is 3.45. The smallest absolute Gasteiger partial charge is 0.337 e. The first kappa shape index (κ1) is 18.0. The minimum atomic E-state index is -0.660. The van der Waals surface area contributed by atoms with Gasteiger partial charge in [0.1, 0.15) is 17.4 Å². The Morgan fingerprint density at radius 1 is 1.24 bits per heavy atom. The molecule has 2 aromatic carbocycles. The molecule has 0 bridgehead atoms. The fourth-order valence-electron chi connectivity index (χ4n) is 1.95. The quantitative estimate of drug-likeness (QED) is 0.497. The van der Waals surface area contributed by atoms with Crippen LogP contribution in [-0.2, 0) is 9.53 Å². The maximum absolute atomic E-state index is 12.2. The van der Waals surface area contributed by atoms with Crippen molar-refractivity contribution in [1.29, 1.82) is 5.26 Å². The molecule has 0 aromatic heterocycles. The lowest BCUT2D eigenvalue weighted by Gasteiger charge is -2.06. The molecule has 0 aliphatic carbocycles. The van der Waals surface area contributed by atoms with Gasteiger partial charge in [-0.2, -0.15) is 5.26 Å². The monoisotopic (exact) mass is 356 g/mol. The van der Waals surface area contributed by atoms with Crippen LogP contribution in [0.3, 0.4) is 0 Å². The molecular formula is C18H13ClN2O4. The van der Waals surface area contributed by atoms with Crippen molar-refractivity contribution in [2.45, 2.75) is 0 Å². The minimum absolute atomic E-state index is 0.104. The van der Waals surface area contributed by atoms with E-state index in [0.717, 1.165) is 0 Å². The van der Waals surface area contributed by atoms with E-state index in [1.54, 1.807) is 6.07 Å². The van der Waals surface area contributed by atoms with E-state index in [2.05, 4.69) is 10.1 Å². The molecule has 2 rings (SSSR count). The Balaban J connectivity index is 2.20. The Morgan fingerprint density at radius 2 is 1.92 bits per heavy atom. The molecule has 0 unspecified atom stereocenters. The molecule has 1 amide bonds. The van der Waals surface area contributed by atoms with Crippen LogP contribution in [-0.4, -0.2) is 24.1 Å². The van der Waals surface area contributed by atoms with E-state index in [0.29, 0.717) is 16.3 Å². The number of anilines is 1. The highest BCUT2D eigenvalue weighted by molar-refractivity contribution is 6.30. The summed E-state index contributed by atoms with van der Waals surface area (Å²) in [5, 5.41) is 21.9. The maximum Gasteiger partial charge on any atom is 0.337 e. The number of nitrogens with zero attached hydrogens (tertiary/aromatic N) is 1. The number of aromatic hydroxyl groups is 1. The molecule has 0 atom stereocenters. The predicted octanol–water partition coefficient (Wildman–Crippen LogP) is 3.38. The van der Waals surface area contributed by atoms with Crippen molar-refractivity contribution in [2.24, 2.45) is 0 Å². The molecule has 0 saturated carbocycles. The molecule has 0 heterocycles. The van der Waals surface area contributed by atoms with Crippen molar-refractivity contribution < 1.29 is 19.4 Å². The number of ether oxygens (including phenoxy) is 1. The molecule has 0 radical (unpaired) electrons. The van der Waals surface area contributed by atoms with Gasteiger partial charge in [0, 0.05) is 16.3 Å². The first-order valence-corrected chi connectivity index (χ1v) is 7.42. The molecule has 0 fully saturated rings. The number of phenolic OH excluding ortho intramolecular Hbond substituents is 1. The summed E-state index contributed by atoms with van der Waals surface area (Å²) in [6.07, 6.45) is 1.24. The standard InChI is InChI=1S/C18H13ClN2O4/c1-25-18(24)11-2-5-15(6-3-11)21-17(23)13(10-20)8-12-9-14(19)4-7-16(12)22/h2-9,22H,1H3,(H,21,23)/b13-8+. The fraction of sp³-hybridized carbons (Fsp3) is 0.0556. The maximum atomic E-state index is 12.2. The topological polar surface area (TPSA) is 99.4 Å². The molecule has 25 heavy (non-hydrogen) atoms. The zero-order valence-electron chi connectivity index (χ0n) is 13.1. The summed E-state index contributed by atoms with van der Waals surface area (Å²) in [5.74, 6) is -1.26. The van der Waals surface area contributed by atoms with Crippen LogP contribution in [0.15, 0.2) is 48.0 Å². The number of methoxy groups -OCH3 is 1. The number of carbonyl (C=O) groups is 2. The molecule has 126 valence electrons. The van der Waals surface area contributed by atoms with E-state index in [-0.39, 0.29) is 16.9 Å². The number of amides is 1. The first-order valence-electron chi connectivity index (χ1n) is 7.04. The van der Waals surface area contributed by atoms with Gasteiger partial charge in [0.2, 0.25) is 0 Å². The zero-order valence-corrected chi connectivity index (χ0v) is 13.9. The summed E-state index contributed by atoms with van der Waals surface area (Å²) in [6, 6.07) is 12.1. The molecule has 0 aliphatic heterocycles. The SMILES string of the molecule is COC(=O)c1ccc(NC(=O)/C(C#N)=C/c2cc(Cl)ccc2O)cc1. The van der Waals surface area contributed by atoms with Crippen molar-refractivity contribution in [3.63, 3.8) is 0 Å². The van der Waals surface area contributed by atoms with Gasteiger partial charge >= 0.3 is 5.97 Å². The highest BCUT2D eigenvalue weighted by Gasteiger charge is 2.12. The van der Waals surface area contributed by atoms with Gasteiger partial charge in [-0.3, -0.25) is 4.79 Å². The minimum Gasteiger partial charge on any atom is -0.507 e. The van der Waals surface area contributed by atoms with Gasteiger partial charge in [0.25, 0.3) is 5.91 Å². The van der Waals surface area contributed by atoms with Crippen molar-refractivity contribution in [2.75, 3.05) is 12.4 Å². The van der Waals surface area contributed by atoms with Crippen LogP contribution in [0.2, 0.25) is 5.02 Å². The largest absolute Gasteiger partial charge is 0.507 e. The van der Waals surface area contributed by atoms with Crippen LogP contribution in [0.25, 0.3) is 6.08 Å². The van der Waals surface area contributed by atoms with Crippen molar-refractivity contribution in [3.05, 3.63) is 64.2 Å². The van der Waals surface area contributed by atoms with Crippen LogP contribution >= 0.6 is 11.6 Å². The molecule has 0 spiro atoms. The van der Waals surface area contributed by atoms with E-state index in [4.69, 9.17) is 11.6 Å². The lowest BCUT2D eigenvalue weighted by Crippen LogP contribution is -2.13. The summed E-state index contributed by atoms with van der Waals surface area (Å²) in [6.45, 7) is 0. The number of halogens is 1. The summed E-state index contributed by atoms with van der Waals surface area (Å²) in [7, 11) is 1.27. The first-order chi connectivity index (χ1) is 11.9. The van der Waals surface area contributed by atoms with Crippen molar-refractivity contribution in [1.82, 2.24) is 0 Å². The number of hydrogen-bond donors (Lipinski definition) is 2. The number of rotatable bonds is 4. The van der Waals surface area contributed by atoms with E-state index in [9.17, 15) is 20.0 Å². The average molecular weight is 357 g/mol. The lowest BCUT2D eigenvalue weighted by atomic mass is 10.1. The third kappa shape index (κ3) is 4.59. The highest BCUT2D eigenvalue weighted by Crippen LogP contribution is 2.24. The molecule has 6 nitrogen and oxygen atoms in total. The number of benzene rings is 2. The summed E-state index contributed by atoms with van der Waals surface area (Å²) in [4.78, 5) is 23.6. The number of hydrogen-bond acceptors (Lipinski definition) is 5. The van der Waals surface area contributed by atoms with E-state index < -0.39 is 11.9 Å². The predicted molar refractivity (Wildman–Crippen MR) is 93.1 cm³/mol. The molecule has 7 heteroatoms. The number of phenols is 1. The molecular weight excluding hydrogens is 344 g/mol. The summed E-state index contributed by atoms with van der Waals surface area (Å²) in [5.41, 5.74) is 0.768. The number of esters is 1. The third-order valence-electron chi connectivity index (χ3n) is 3.22. The Labute approximate surface area is 148 Å². The Bertz CT molecular complexity index is 883. The van der Waals surface area contributed by atoms with Gasteiger partial charge < -0.3 is 15.2 Å². The van der Waals surface area contributed by atoms with Gasteiger partial charge in [-0.1, -0.05) is 11.6 Å². The van der Waals surface area contributed by atoms with E-state index in [1.165, 1.54) is 55.7 Å². The van der Waals surface area contributed by atoms with Crippen LogP contribution < -0.4 is 5.32 Å². The number of carbonyl (C=O) groups excluding carboxylic acids is 2. The van der Waals surface area contributed by atoms with E-state index in [1.807, 2.05) is 0 Å². The Morgan fingerprint density at radius 3 is 2.52 bits per heavy atom. The van der Waals surface area contributed by atoms with Crippen LogP contribution in [0.1, 0.15) is 15.9 Å². The molecule has 0 saturated heterocycles. The van der Waals surface area contributed by atoms with Crippen LogP contribution in [0.4, 0.5) is 5.69 Å². The zero-order chi connectivity index (χ0) is 18.4. The summed E-state index contributed by atoms with van der Waals surface area (Å²) >= 11 is 5.84. The van der Waals surface area contributed by atoms with Crippen molar-refractivity contribution >= 4 is 35.2 Å². The molecule has 2 N–H and O–H groups in total. The van der Waals surface area contributed by atoms with Gasteiger partial charge in [-0.25, -0.2) is 4.79 Å². The van der Waals surface area contributed by atoms with Gasteiger partial charge in [-0.05, 0) is 48.5 Å². The Hall–Kier alpha value is -3.30. The van der Waals surface area contributed by atoms with Gasteiger partial charge in [0.05, 0.1) is 12.7 Å². The number of nitriles is 1. The van der Waals surface area contributed by atoms with Gasteiger partial charge in [-0.15, -0.1) is 0 Å². The molecule has 2 aromatic rings. The lowest BCUT2D eigenvalue weighted by molar-refractivity contribution is -0.112. The second-order valence-corrected chi connectivity index (χ2v) is 5.33.